The van der Waals surface area contributed by atoms with Crippen molar-refractivity contribution in [2.75, 3.05) is 25.8 Å². The second kappa shape index (κ2) is 18.0. The van der Waals surface area contributed by atoms with Gasteiger partial charge in [0.2, 0.25) is 0 Å². The van der Waals surface area contributed by atoms with Gasteiger partial charge in [-0.05, 0) is 92.8 Å². The van der Waals surface area contributed by atoms with Crippen molar-refractivity contribution < 1.29 is 18.5 Å². The molecule has 0 aromatic heterocycles. The number of hydrogen-bond donors (Lipinski definition) is 1. The van der Waals surface area contributed by atoms with E-state index in [0.717, 1.165) is 19.3 Å². The van der Waals surface area contributed by atoms with Crippen LogP contribution in [0.2, 0.25) is 18.1 Å². The molecule has 0 spiro atoms. The second-order valence-corrected chi connectivity index (χ2v) is 20.8. The van der Waals surface area contributed by atoms with Gasteiger partial charge in [-0.2, -0.15) is 0 Å². The van der Waals surface area contributed by atoms with Gasteiger partial charge in [-0.25, -0.2) is 9.34 Å². The monoisotopic (exact) mass is 609 g/mol. The molecule has 0 aliphatic carbocycles. The maximum absolute atomic E-state index is 12.8. The molecule has 0 aliphatic rings. The fraction of sp³-hybridized carbons (Fsp3) is 0.966. The zero-order chi connectivity index (χ0) is 30.6. The van der Waals surface area contributed by atoms with Crippen LogP contribution in [0.25, 0.3) is 0 Å². The summed E-state index contributed by atoms with van der Waals surface area (Å²) in [6, 6.07) is 1.49. The van der Waals surface area contributed by atoms with Crippen molar-refractivity contribution in [3.8, 4) is 0 Å². The van der Waals surface area contributed by atoms with Gasteiger partial charge >= 0.3 is 0 Å². The van der Waals surface area contributed by atoms with Crippen LogP contribution in [0.5, 0.6) is 0 Å². The Kier molecular flexibility index (Phi) is 18.2. The smallest absolute Gasteiger partial charge is 0.279 e. The van der Waals surface area contributed by atoms with Crippen molar-refractivity contribution in [1.82, 2.24) is 14.7 Å². The number of hydrogen-bond acceptors (Lipinski definition) is 7. The van der Waals surface area contributed by atoms with Crippen molar-refractivity contribution in [2.24, 2.45) is 0 Å². The maximum atomic E-state index is 12.8. The highest BCUT2D eigenvalue weighted by Crippen LogP contribution is 2.50. The van der Waals surface area contributed by atoms with E-state index in [1.807, 2.05) is 0 Å². The molecule has 0 saturated carbocycles. The topological polar surface area (TPSA) is 63.3 Å². The van der Waals surface area contributed by atoms with E-state index in [-0.39, 0.29) is 22.6 Å². The molecule has 0 saturated heterocycles. The molecule has 234 valence electrons. The number of nitrogens with one attached hydrogen (secondary N) is 1. The molecule has 0 atom stereocenters. The third kappa shape index (κ3) is 13.4. The van der Waals surface area contributed by atoms with Crippen LogP contribution in [0.4, 0.5) is 4.79 Å². The quantitative estimate of drug-likeness (QED) is 0.0679. The third-order valence-electron chi connectivity index (χ3n) is 7.67. The van der Waals surface area contributed by atoms with Crippen LogP contribution in [0.1, 0.15) is 109 Å². The molecule has 0 radical (unpaired) electrons. The highest BCUT2D eigenvalue weighted by molar-refractivity contribution is 8.13. The summed E-state index contributed by atoms with van der Waals surface area (Å²) in [6.45, 7) is 34.7. The highest BCUT2D eigenvalue weighted by atomic mass is 32.2. The lowest BCUT2D eigenvalue weighted by Gasteiger charge is -2.45. The molecule has 7 nitrogen and oxygen atoms in total. The second-order valence-electron chi connectivity index (χ2n) is 13.2. The van der Waals surface area contributed by atoms with E-state index in [0.29, 0.717) is 43.1 Å². The first-order valence-corrected chi connectivity index (χ1v) is 20.1. The Balaban J connectivity index is 4.81. The summed E-state index contributed by atoms with van der Waals surface area (Å²) in [7, 11) is -2.84. The molecular formula is C29H64N3O4PSSi. The van der Waals surface area contributed by atoms with Crippen molar-refractivity contribution in [2.45, 2.75) is 157 Å². The van der Waals surface area contributed by atoms with Crippen LogP contribution in [-0.2, 0) is 13.7 Å². The van der Waals surface area contributed by atoms with Gasteiger partial charge in [0.1, 0.15) is 0 Å². The molecule has 0 fully saturated rings. The van der Waals surface area contributed by atoms with E-state index in [4.69, 9.17) is 13.7 Å². The zero-order valence-electron chi connectivity index (χ0n) is 28.1. The summed E-state index contributed by atoms with van der Waals surface area (Å²) in [5, 5.41) is 3.45. The number of rotatable bonds is 19. The average molecular weight is 610 g/mol. The molecule has 0 aromatic carbocycles. The van der Waals surface area contributed by atoms with Crippen molar-refractivity contribution in [3.05, 3.63) is 0 Å². The molecule has 1 amide bonds. The van der Waals surface area contributed by atoms with Gasteiger partial charge in [0.15, 0.2) is 23.6 Å². The lowest BCUT2D eigenvalue weighted by molar-refractivity contribution is 0.00844. The fourth-order valence-corrected chi connectivity index (χ4v) is 8.22. The number of amides is 1. The van der Waals surface area contributed by atoms with Crippen molar-refractivity contribution >= 4 is 33.8 Å². The maximum Gasteiger partial charge on any atom is 0.279 e. The van der Waals surface area contributed by atoms with E-state index in [1.54, 1.807) is 0 Å². The predicted molar refractivity (Wildman–Crippen MR) is 175 cm³/mol. The molecule has 0 rings (SSSR count). The van der Waals surface area contributed by atoms with Gasteiger partial charge in [0.25, 0.3) is 5.24 Å². The zero-order valence-corrected chi connectivity index (χ0v) is 30.9. The Labute approximate surface area is 249 Å². The summed E-state index contributed by atoms with van der Waals surface area (Å²) >= 11 is 1.34. The van der Waals surface area contributed by atoms with E-state index in [2.05, 4.69) is 118 Å². The Morgan fingerprint density at radius 1 is 0.897 bits per heavy atom. The number of nitrogens with zero attached hydrogens (tertiary/aromatic N) is 2. The minimum Gasteiger partial charge on any atom is -0.414 e. The van der Waals surface area contributed by atoms with Crippen LogP contribution in [0, 0.1) is 0 Å². The first-order chi connectivity index (χ1) is 17.9. The Morgan fingerprint density at radius 3 is 1.74 bits per heavy atom. The summed E-state index contributed by atoms with van der Waals surface area (Å²) < 4.78 is 23.7. The van der Waals surface area contributed by atoms with Crippen molar-refractivity contribution in [3.63, 3.8) is 0 Å². The van der Waals surface area contributed by atoms with Crippen LogP contribution in [0.3, 0.4) is 0 Å². The molecule has 0 aliphatic heterocycles. The van der Waals surface area contributed by atoms with Crippen LogP contribution in [-0.4, -0.2) is 78.4 Å². The summed E-state index contributed by atoms with van der Waals surface area (Å²) in [4.78, 5) is 12.8. The third-order valence-corrected chi connectivity index (χ3v) is 16.0. The molecule has 0 bridgehead atoms. The minimum atomic E-state index is -1.88. The largest absolute Gasteiger partial charge is 0.414 e. The van der Waals surface area contributed by atoms with Crippen LogP contribution >= 0.6 is 20.2 Å². The van der Waals surface area contributed by atoms with Gasteiger partial charge in [-0.15, -0.1) is 0 Å². The first-order valence-electron chi connectivity index (χ1n) is 15.0. The number of thioether (sulfide) groups is 1. The van der Waals surface area contributed by atoms with E-state index in [1.165, 1.54) is 11.8 Å². The molecule has 0 heterocycles. The Hall–Kier alpha value is 0.267. The lowest BCUT2D eigenvalue weighted by atomic mass is 9.94. The number of carbonyl (C=O) groups excluding carboxylic acids is 1. The van der Waals surface area contributed by atoms with Gasteiger partial charge in [0, 0.05) is 29.9 Å². The van der Waals surface area contributed by atoms with E-state index < -0.39 is 16.8 Å². The highest BCUT2D eigenvalue weighted by Gasteiger charge is 2.40. The molecule has 10 heteroatoms. The van der Waals surface area contributed by atoms with Crippen molar-refractivity contribution in [1.29, 1.82) is 0 Å². The predicted octanol–water partition coefficient (Wildman–Crippen LogP) is 8.86. The number of carbonyl (C=O) groups is 1. The number of ether oxygens (including phenoxy) is 1. The normalized spacial score (nSPS) is 13.8. The Bertz CT molecular complexity index is 650. The Morgan fingerprint density at radius 2 is 1.36 bits per heavy atom. The molecule has 39 heavy (non-hydrogen) atoms. The summed E-state index contributed by atoms with van der Waals surface area (Å²) in [6.07, 6.45) is 2.49. The standard InChI is InChI=1S/C29H64N3O4PSSi/c1-16-29(17-2,21-36-39(14,15)28(11,12)13)30-27(33)38-20-18-19-34-22-35-37(31(23(3)4)24(5)6)32(25(7)8)26(9)10/h23-26H,16-22H2,1-15H3,(H,30,33). The lowest BCUT2D eigenvalue weighted by Crippen LogP contribution is -2.53. The minimum absolute atomic E-state index is 0.0197. The first kappa shape index (κ1) is 39.3. The molecule has 0 unspecified atom stereocenters. The molecule has 0 aromatic rings. The average Bonchev–Trinajstić information content (AvgIpc) is 2.79. The molecule has 1 N–H and O–H groups in total. The summed E-state index contributed by atoms with van der Waals surface area (Å²) in [5.74, 6) is 0.710. The van der Waals surface area contributed by atoms with Crippen LogP contribution in [0.15, 0.2) is 0 Å². The molecular weight excluding hydrogens is 545 g/mol. The van der Waals surface area contributed by atoms with Gasteiger partial charge in [0.05, 0.1) is 18.8 Å². The SMILES string of the molecule is CCC(CC)(CO[Si](C)(C)C(C)(C)C)NC(=O)SCCCOCOP(N(C(C)C)C(C)C)N(C(C)C)C(C)C. The van der Waals surface area contributed by atoms with Gasteiger partial charge < -0.3 is 19.0 Å². The summed E-state index contributed by atoms with van der Waals surface area (Å²) in [5.41, 5.74) is -0.321. The van der Waals surface area contributed by atoms with Gasteiger partial charge in [-0.3, -0.25) is 4.79 Å². The van der Waals surface area contributed by atoms with Gasteiger partial charge in [-0.1, -0.05) is 46.4 Å². The van der Waals surface area contributed by atoms with E-state index in [9.17, 15) is 4.79 Å². The van der Waals surface area contributed by atoms with E-state index >= 15 is 0 Å². The fourth-order valence-electron chi connectivity index (χ4n) is 4.16. The van der Waals surface area contributed by atoms with Crippen LogP contribution < -0.4 is 5.32 Å².